The Morgan fingerprint density at radius 3 is 2.42 bits per heavy atom. The Labute approximate surface area is 111 Å². The summed E-state index contributed by atoms with van der Waals surface area (Å²) in [6.07, 6.45) is 0. The molecule has 2 rings (SSSR count). The number of urea groups is 1. The number of carbonyl (C=O) groups is 1. The van der Waals surface area contributed by atoms with E-state index in [4.69, 9.17) is 10.5 Å². The average molecular weight is 257 g/mol. The molecular weight excluding hydrogens is 242 g/mol. The van der Waals surface area contributed by atoms with Gasteiger partial charge < -0.3 is 10.5 Å². The van der Waals surface area contributed by atoms with Gasteiger partial charge in [-0.25, -0.2) is 9.78 Å². The molecule has 0 spiro atoms. The van der Waals surface area contributed by atoms with Crippen LogP contribution in [-0.4, -0.2) is 18.1 Å². The highest BCUT2D eigenvalue weighted by atomic mass is 16.5. The average Bonchev–Trinajstić information content (AvgIpc) is 2.38. The van der Waals surface area contributed by atoms with Gasteiger partial charge in [-0.1, -0.05) is 12.1 Å². The maximum absolute atomic E-state index is 10.8. The first-order chi connectivity index (χ1) is 9.10. The minimum atomic E-state index is -0.621. The largest absolute Gasteiger partial charge is 0.497 e. The number of hydrogen-bond acceptors (Lipinski definition) is 3. The number of methoxy groups -OCH3 is 1. The number of nitrogens with zero attached hydrogens (tertiary/aromatic N) is 1. The fourth-order valence-corrected chi connectivity index (χ4v) is 1.83. The van der Waals surface area contributed by atoms with Gasteiger partial charge in [0.2, 0.25) is 0 Å². The number of pyridine rings is 1. The molecule has 1 heterocycles. The van der Waals surface area contributed by atoms with Gasteiger partial charge in [-0.3, -0.25) is 5.32 Å². The van der Waals surface area contributed by atoms with Gasteiger partial charge in [-0.2, -0.15) is 0 Å². The smallest absolute Gasteiger partial charge is 0.317 e. The van der Waals surface area contributed by atoms with E-state index >= 15 is 0 Å². The number of anilines is 1. The van der Waals surface area contributed by atoms with Crippen molar-refractivity contribution < 1.29 is 9.53 Å². The lowest BCUT2D eigenvalue weighted by Gasteiger charge is -2.08. The zero-order valence-electron chi connectivity index (χ0n) is 10.8. The third-order valence-electron chi connectivity index (χ3n) is 2.74. The Morgan fingerprint density at radius 2 is 1.89 bits per heavy atom. The Balaban J connectivity index is 2.31. The van der Waals surface area contributed by atoms with Gasteiger partial charge >= 0.3 is 6.03 Å². The maximum Gasteiger partial charge on any atom is 0.317 e. The van der Waals surface area contributed by atoms with E-state index < -0.39 is 6.03 Å². The predicted molar refractivity (Wildman–Crippen MR) is 74.2 cm³/mol. The number of benzene rings is 1. The maximum atomic E-state index is 10.8. The second kappa shape index (κ2) is 5.39. The van der Waals surface area contributed by atoms with Crippen LogP contribution in [0.4, 0.5) is 10.6 Å². The van der Waals surface area contributed by atoms with Gasteiger partial charge in [0, 0.05) is 11.3 Å². The molecule has 0 unspecified atom stereocenters. The second-order valence-corrected chi connectivity index (χ2v) is 4.05. The molecule has 0 aliphatic rings. The van der Waals surface area contributed by atoms with Crippen LogP contribution >= 0.6 is 0 Å². The van der Waals surface area contributed by atoms with Gasteiger partial charge in [-0.15, -0.1) is 0 Å². The number of amides is 2. The standard InChI is InChI=1S/C14H15N3O2/c1-9-12(7-8-13(16-9)17-14(15)18)10-3-5-11(19-2)6-4-10/h3-8H,1-2H3,(H3,15,16,17,18). The third kappa shape index (κ3) is 3.01. The number of hydrogen-bond donors (Lipinski definition) is 2. The summed E-state index contributed by atoms with van der Waals surface area (Å²) in [5, 5.41) is 2.45. The summed E-state index contributed by atoms with van der Waals surface area (Å²) in [7, 11) is 1.63. The molecule has 2 amide bonds. The van der Waals surface area contributed by atoms with Crippen LogP contribution in [0.5, 0.6) is 5.75 Å². The zero-order chi connectivity index (χ0) is 13.8. The van der Waals surface area contributed by atoms with Crippen molar-refractivity contribution in [3.63, 3.8) is 0 Å². The van der Waals surface area contributed by atoms with E-state index in [9.17, 15) is 4.79 Å². The highest BCUT2D eigenvalue weighted by Gasteiger charge is 2.05. The van der Waals surface area contributed by atoms with Crippen LogP contribution in [0.3, 0.4) is 0 Å². The molecule has 0 saturated heterocycles. The Hall–Kier alpha value is -2.56. The molecular formula is C14H15N3O2. The monoisotopic (exact) mass is 257 g/mol. The fourth-order valence-electron chi connectivity index (χ4n) is 1.83. The number of nitrogens with one attached hydrogen (secondary N) is 1. The Kier molecular flexibility index (Phi) is 3.66. The molecule has 1 aromatic carbocycles. The van der Waals surface area contributed by atoms with Crippen molar-refractivity contribution in [1.29, 1.82) is 0 Å². The number of rotatable bonds is 3. The number of carbonyl (C=O) groups excluding carboxylic acids is 1. The first-order valence-electron chi connectivity index (χ1n) is 5.78. The molecule has 0 saturated carbocycles. The molecule has 3 N–H and O–H groups in total. The summed E-state index contributed by atoms with van der Waals surface area (Å²) < 4.78 is 5.12. The van der Waals surface area contributed by atoms with Crippen LogP contribution in [0.1, 0.15) is 5.69 Å². The Bertz CT molecular complexity index is 594. The van der Waals surface area contributed by atoms with Crippen LogP contribution in [0.2, 0.25) is 0 Å². The second-order valence-electron chi connectivity index (χ2n) is 4.05. The lowest BCUT2D eigenvalue weighted by atomic mass is 10.0. The van der Waals surface area contributed by atoms with Crippen LogP contribution in [0.25, 0.3) is 11.1 Å². The summed E-state index contributed by atoms with van der Waals surface area (Å²) >= 11 is 0. The number of ether oxygens (including phenoxy) is 1. The highest BCUT2D eigenvalue weighted by molar-refractivity contribution is 5.87. The lowest BCUT2D eigenvalue weighted by Crippen LogP contribution is -2.20. The van der Waals surface area contributed by atoms with Gasteiger partial charge in [0.15, 0.2) is 0 Å². The zero-order valence-corrected chi connectivity index (χ0v) is 10.8. The highest BCUT2D eigenvalue weighted by Crippen LogP contribution is 2.25. The molecule has 5 heteroatoms. The van der Waals surface area contributed by atoms with E-state index in [0.29, 0.717) is 5.82 Å². The minimum absolute atomic E-state index is 0.447. The SMILES string of the molecule is COc1ccc(-c2ccc(NC(N)=O)nc2C)cc1. The van der Waals surface area contributed by atoms with E-state index in [1.807, 2.05) is 37.3 Å². The van der Waals surface area contributed by atoms with Gasteiger partial charge in [0.25, 0.3) is 0 Å². The molecule has 0 aliphatic carbocycles. The van der Waals surface area contributed by atoms with Crippen molar-refractivity contribution in [2.24, 2.45) is 5.73 Å². The summed E-state index contributed by atoms with van der Waals surface area (Å²) in [5.74, 6) is 1.25. The third-order valence-corrected chi connectivity index (χ3v) is 2.74. The quantitative estimate of drug-likeness (QED) is 0.887. The van der Waals surface area contributed by atoms with E-state index in [1.165, 1.54) is 0 Å². The van der Waals surface area contributed by atoms with Crippen LogP contribution in [0, 0.1) is 6.92 Å². The van der Waals surface area contributed by atoms with Crippen molar-refractivity contribution in [1.82, 2.24) is 4.98 Å². The summed E-state index contributed by atoms with van der Waals surface area (Å²) in [5.41, 5.74) is 7.90. The molecule has 0 aliphatic heterocycles. The molecule has 1 aromatic heterocycles. The van der Waals surface area contributed by atoms with Gasteiger partial charge in [0.05, 0.1) is 7.11 Å². The van der Waals surface area contributed by atoms with Crippen molar-refractivity contribution >= 4 is 11.8 Å². The van der Waals surface area contributed by atoms with Gasteiger partial charge in [-0.05, 0) is 36.8 Å². The molecule has 0 bridgehead atoms. The molecule has 0 atom stereocenters. The summed E-state index contributed by atoms with van der Waals surface area (Å²) in [6.45, 7) is 1.88. The fraction of sp³-hybridized carbons (Fsp3) is 0.143. The summed E-state index contributed by atoms with van der Waals surface area (Å²) in [4.78, 5) is 15.1. The predicted octanol–water partition coefficient (Wildman–Crippen LogP) is 2.56. The normalized spacial score (nSPS) is 10.0. The first-order valence-corrected chi connectivity index (χ1v) is 5.78. The molecule has 19 heavy (non-hydrogen) atoms. The number of primary amides is 1. The number of nitrogens with two attached hydrogens (primary N) is 1. The van der Waals surface area contributed by atoms with Crippen LogP contribution in [0.15, 0.2) is 36.4 Å². The van der Waals surface area contributed by atoms with E-state index in [1.54, 1.807) is 13.2 Å². The van der Waals surface area contributed by atoms with Crippen molar-refractivity contribution in [2.45, 2.75) is 6.92 Å². The van der Waals surface area contributed by atoms with Crippen molar-refractivity contribution in [3.8, 4) is 16.9 Å². The van der Waals surface area contributed by atoms with E-state index in [-0.39, 0.29) is 0 Å². The molecule has 98 valence electrons. The number of aryl methyl sites for hydroxylation is 1. The summed E-state index contributed by atoms with van der Waals surface area (Å²) in [6, 6.07) is 10.7. The lowest BCUT2D eigenvalue weighted by molar-refractivity contribution is 0.259. The first kappa shape index (κ1) is 12.9. The topological polar surface area (TPSA) is 77.2 Å². The van der Waals surface area contributed by atoms with Crippen LogP contribution in [-0.2, 0) is 0 Å². The van der Waals surface area contributed by atoms with Crippen molar-refractivity contribution in [2.75, 3.05) is 12.4 Å². The van der Waals surface area contributed by atoms with Crippen molar-refractivity contribution in [3.05, 3.63) is 42.1 Å². The minimum Gasteiger partial charge on any atom is -0.497 e. The van der Waals surface area contributed by atoms with E-state index in [2.05, 4.69) is 10.3 Å². The number of aromatic nitrogens is 1. The molecule has 2 aromatic rings. The molecule has 0 fully saturated rings. The molecule has 5 nitrogen and oxygen atoms in total. The Morgan fingerprint density at radius 1 is 1.21 bits per heavy atom. The molecule has 0 radical (unpaired) electrons. The van der Waals surface area contributed by atoms with Gasteiger partial charge in [0.1, 0.15) is 11.6 Å². The van der Waals surface area contributed by atoms with E-state index in [0.717, 1.165) is 22.6 Å². The van der Waals surface area contributed by atoms with Crippen LogP contribution < -0.4 is 15.8 Å².